The third-order valence-corrected chi connectivity index (χ3v) is 4.30. The summed E-state index contributed by atoms with van der Waals surface area (Å²) in [6.07, 6.45) is 0.504. The predicted octanol–water partition coefficient (Wildman–Crippen LogP) is 3.93. The lowest BCUT2D eigenvalue weighted by atomic mass is 10.0. The van der Waals surface area contributed by atoms with Crippen LogP contribution >= 0.6 is 0 Å². The van der Waals surface area contributed by atoms with Crippen molar-refractivity contribution in [2.45, 2.75) is 26.4 Å². The molecule has 1 N–H and O–H groups in total. The Morgan fingerprint density at radius 1 is 1.19 bits per heavy atom. The molecule has 27 heavy (non-hydrogen) atoms. The highest BCUT2D eigenvalue weighted by molar-refractivity contribution is 5.60. The molecule has 4 rings (SSSR count). The smallest absolute Gasteiger partial charge is 0.258 e. The van der Waals surface area contributed by atoms with Crippen LogP contribution in [0.25, 0.3) is 11.4 Å². The van der Waals surface area contributed by atoms with Gasteiger partial charge in [0.1, 0.15) is 11.6 Å². The van der Waals surface area contributed by atoms with Crippen molar-refractivity contribution in [2.75, 3.05) is 7.11 Å². The number of rotatable bonds is 4. The van der Waals surface area contributed by atoms with Crippen molar-refractivity contribution >= 4 is 0 Å². The van der Waals surface area contributed by atoms with Crippen molar-refractivity contribution < 1.29 is 14.2 Å². The first kappa shape index (κ1) is 17.1. The third kappa shape index (κ3) is 3.26. The number of hydrogen-bond donors (Lipinski definition) is 1. The molecule has 0 bridgehead atoms. The number of H-pyrrole nitrogens is 1. The van der Waals surface area contributed by atoms with Crippen molar-refractivity contribution in [1.82, 2.24) is 9.97 Å². The minimum absolute atomic E-state index is 0.0584. The van der Waals surface area contributed by atoms with Gasteiger partial charge in [-0.1, -0.05) is 24.3 Å². The summed E-state index contributed by atoms with van der Waals surface area (Å²) in [6, 6.07) is 13.1. The number of fused-ring (bicyclic) bond motifs is 2. The standard InChI is InChI=1S/C21H20N2O4/c1-12(2)26-15-8-4-7-14(10-15)19-22-20(24)16-11-13-6-5-9-17(25-3)18(13)27-21(16)23-19/h4-10,12H,11H2,1-3H3,(H,22,23,24). The average Bonchev–Trinajstić information content (AvgIpc) is 2.66. The van der Waals surface area contributed by atoms with E-state index in [9.17, 15) is 4.79 Å². The van der Waals surface area contributed by atoms with Gasteiger partial charge in [-0.3, -0.25) is 4.79 Å². The van der Waals surface area contributed by atoms with Gasteiger partial charge in [0.15, 0.2) is 11.5 Å². The zero-order valence-corrected chi connectivity index (χ0v) is 15.4. The van der Waals surface area contributed by atoms with Crippen molar-refractivity contribution in [3.8, 4) is 34.5 Å². The first-order chi connectivity index (χ1) is 13.0. The molecular formula is C21H20N2O4. The molecule has 0 unspecified atom stereocenters. The van der Waals surface area contributed by atoms with Gasteiger partial charge in [-0.25, -0.2) is 0 Å². The van der Waals surface area contributed by atoms with E-state index in [1.807, 2.05) is 56.3 Å². The molecule has 2 heterocycles. The Morgan fingerprint density at radius 2 is 2.00 bits per heavy atom. The SMILES string of the molecule is COc1cccc2c1Oc1nc(-c3cccc(OC(C)C)c3)[nH]c(=O)c1C2. The van der Waals surface area contributed by atoms with Gasteiger partial charge >= 0.3 is 0 Å². The fourth-order valence-corrected chi connectivity index (χ4v) is 3.11. The lowest BCUT2D eigenvalue weighted by Crippen LogP contribution is -2.20. The molecule has 138 valence electrons. The monoisotopic (exact) mass is 364 g/mol. The Morgan fingerprint density at radius 3 is 2.78 bits per heavy atom. The Labute approximate surface area is 156 Å². The Hall–Kier alpha value is -3.28. The van der Waals surface area contributed by atoms with E-state index in [0.29, 0.717) is 35.2 Å². The van der Waals surface area contributed by atoms with Gasteiger partial charge in [-0.2, -0.15) is 4.98 Å². The molecule has 6 nitrogen and oxygen atoms in total. The number of para-hydroxylation sites is 1. The summed E-state index contributed by atoms with van der Waals surface area (Å²) in [6.45, 7) is 3.93. The van der Waals surface area contributed by atoms with Crippen molar-refractivity contribution in [3.05, 3.63) is 63.9 Å². The maximum absolute atomic E-state index is 12.6. The van der Waals surface area contributed by atoms with Crippen LogP contribution in [-0.2, 0) is 6.42 Å². The number of benzene rings is 2. The summed E-state index contributed by atoms with van der Waals surface area (Å²) >= 11 is 0. The molecule has 6 heteroatoms. The number of nitrogens with zero attached hydrogens (tertiary/aromatic N) is 1. The van der Waals surface area contributed by atoms with E-state index in [2.05, 4.69) is 9.97 Å². The molecule has 0 spiro atoms. The molecule has 3 aromatic rings. The zero-order chi connectivity index (χ0) is 19.0. The summed E-state index contributed by atoms with van der Waals surface area (Å²) < 4.78 is 17.0. The molecule has 0 fully saturated rings. The number of aromatic amines is 1. The number of hydrogen-bond acceptors (Lipinski definition) is 5. The van der Waals surface area contributed by atoms with Crippen LogP contribution in [0.3, 0.4) is 0 Å². The van der Waals surface area contributed by atoms with E-state index in [4.69, 9.17) is 14.2 Å². The lowest BCUT2D eigenvalue weighted by Gasteiger charge is -2.21. The maximum Gasteiger partial charge on any atom is 0.258 e. The van der Waals surface area contributed by atoms with Crippen LogP contribution in [0.15, 0.2) is 47.3 Å². The minimum Gasteiger partial charge on any atom is -0.493 e. The Kier molecular flexibility index (Phi) is 4.32. The molecule has 0 radical (unpaired) electrons. The highest BCUT2D eigenvalue weighted by Crippen LogP contribution is 2.40. The lowest BCUT2D eigenvalue weighted by molar-refractivity contribution is 0.242. The zero-order valence-electron chi connectivity index (χ0n) is 15.4. The van der Waals surface area contributed by atoms with Crippen LogP contribution < -0.4 is 19.8 Å². The predicted molar refractivity (Wildman–Crippen MR) is 102 cm³/mol. The summed E-state index contributed by atoms with van der Waals surface area (Å²) in [5.74, 6) is 2.69. The van der Waals surface area contributed by atoms with Gasteiger partial charge in [0.2, 0.25) is 5.88 Å². The van der Waals surface area contributed by atoms with Crippen LogP contribution in [0.4, 0.5) is 0 Å². The van der Waals surface area contributed by atoms with Crippen molar-refractivity contribution in [2.24, 2.45) is 0 Å². The average molecular weight is 364 g/mol. The summed E-state index contributed by atoms with van der Waals surface area (Å²) in [4.78, 5) is 20.1. The molecule has 0 atom stereocenters. The summed E-state index contributed by atoms with van der Waals surface area (Å²) in [5, 5.41) is 0. The van der Waals surface area contributed by atoms with Crippen molar-refractivity contribution in [1.29, 1.82) is 0 Å². The quantitative estimate of drug-likeness (QED) is 0.594. The van der Waals surface area contributed by atoms with Crippen LogP contribution in [0.2, 0.25) is 0 Å². The molecule has 2 aromatic carbocycles. The summed E-state index contributed by atoms with van der Waals surface area (Å²) in [7, 11) is 1.59. The van der Waals surface area contributed by atoms with Crippen LogP contribution in [0.5, 0.6) is 23.1 Å². The van der Waals surface area contributed by atoms with Crippen molar-refractivity contribution in [3.63, 3.8) is 0 Å². The van der Waals surface area contributed by atoms with E-state index in [1.54, 1.807) is 7.11 Å². The van der Waals surface area contributed by atoms with Crippen LogP contribution in [0.1, 0.15) is 25.0 Å². The second kappa shape index (κ2) is 6.79. The molecule has 0 amide bonds. The molecule has 1 aliphatic heterocycles. The first-order valence-electron chi connectivity index (χ1n) is 8.79. The second-order valence-electron chi connectivity index (χ2n) is 6.62. The van der Waals surface area contributed by atoms with Gasteiger partial charge in [0, 0.05) is 17.5 Å². The van der Waals surface area contributed by atoms with E-state index in [1.165, 1.54) is 0 Å². The number of nitrogens with one attached hydrogen (secondary N) is 1. The highest BCUT2D eigenvalue weighted by Gasteiger charge is 2.25. The van der Waals surface area contributed by atoms with Gasteiger partial charge in [0.25, 0.3) is 5.56 Å². The molecule has 0 aliphatic carbocycles. The molecule has 0 saturated carbocycles. The van der Waals surface area contributed by atoms with Crippen LogP contribution in [-0.4, -0.2) is 23.2 Å². The number of methoxy groups -OCH3 is 1. The normalized spacial score (nSPS) is 12.1. The molecule has 1 aliphatic rings. The fourth-order valence-electron chi connectivity index (χ4n) is 3.11. The summed E-state index contributed by atoms with van der Waals surface area (Å²) in [5.41, 5.74) is 1.95. The molecular weight excluding hydrogens is 344 g/mol. The maximum atomic E-state index is 12.6. The van der Waals surface area contributed by atoms with Gasteiger partial charge in [0.05, 0.1) is 18.8 Å². The van der Waals surface area contributed by atoms with Gasteiger partial charge in [-0.15, -0.1) is 0 Å². The van der Waals surface area contributed by atoms with E-state index >= 15 is 0 Å². The molecule has 1 aromatic heterocycles. The molecule has 0 saturated heterocycles. The Bertz CT molecular complexity index is 1060. The number of ether oxygens (including phenoxy) is 3. The first-order valence-corrected chi connectivity index (χ1v) is 8.79. The van der Waals surface area contributed by atoms with Gasteiger partial charge in [-0.05, 0) is 32.0 Å². The highest BCUT2D eigenvalue weighted by atomic mass is 16.5. The van der Waals surface area contributed by atoms with E-state index < -0.39 is 0 Å². The van der Waals surface area contributed by atoms with Gasteiger partial charge < -0.3 is 19.2 Å². The topological polar surface area (TPSA) is 73.4 Å². The minimum atomic E-state index is -0.210. The number of aromatic nitrogens is 2. The third-order valence-electron chi connectivity index (χ3n) is 4.30. The fraction of sp³-hybridized carbons (Fsp3) is 0.238. The van der Waals surface area contributed by atoms with Crippen LogP contribution in [0, 0.1) is 0 Å². The largest absolute Gasteiger partial charge is 0.493 e. The second-order valence-corrected chi connectivity index (χ2v) is 6.62. The van der Waals surface area contributed by atoms with E-state index in [-0.39, 0.29) is 11.7 Å². The van der Waals surface area contributed by atoms with E-state index in [0.717, 1.165) is 16.9 Å². The Balaban J connectivity index is 1.76.